The van der Waals surface area contributed by atoms with Gasteiger partial charge >= 0.3 is 0 Å². The summed E-state index contributed by atoms with van der Waals surface area (Å²) in [7, 11) is 1.76. The second kappa shape index (κ2) is 12.0. The predicted molar refractivity (Wildman–Crippen MR) is 119 cm³/mol. The topological polar surface area (TPSA) is 58.5 Å². The van der Waals surface area contributed by atoms with E-state index in [1.807, 2.05) is 32.0 Å². The molecule has 0 bridgehead atoms. The van der Waals surface area contributed by atoms with Crippen LogP contribution in [0.1, 0.15) is 25.0 Å². The first-order valence-electron chi connectivity index (χ1n) is 8.37. The van der Waals surface area contributed by atoms with Gasteiger partial charge in [-0.25, -0.2) is 4.98 Å². The first-order valence-corrected chi connectivity index (χ1v) is 8.75. The van der Waals surface area contributed by atoms with Crippen LogP contribution in [0.25, 0.3) is 0 Å². The van der Waals surface area contributed by atoms with Crippen LogP contribution in [0.15, 0.2) is 47.6 Å². The lowest BCUT2D eigenvalue weighted by Crippen LogP contribution is -2.37. The first-order chi connectivity index (χ1) is 12.1. The minimum Gasteiger partial charge on any atom is -0.491 e. The highest BCUT2D eigenvalue weighted by Gasteiger charge is 2.01. The molecule has 1 aromatic carbocycles. The van der Waals surface area contributed by atoms with Crippen LogP contribution in [0.2, 0.25) is 5.15 Å². The van der Waals surface area contributed by atoms with Gasteiger partial charge in [-0.05, 0) is 49.6 Å². The van der Waals surface area contributed by atoms with Crippen LogP contribution >= 0.6 is 35.6 Å². The van der Waals surface area contributed by atoms with E-state index in [-0.39, 0.29) is 30.1 Å². The third-order valence-electron chi connectivity index (χ3n) is 3.47. The molecule has 142 valence electrons. The fraction of sp³-hybridized carbons (Fsp3) is 0.368. The van der Waals surface area contributed by atoms with E-state index in [0.717, 1.165) is 30.2 Å². The minimum atomic E-state index is 0. The van der Waals surface area contributed by atoms with Gasteiger partial charge in [0, 0.05) is 26.3 Å². The molecule has 0 unspecified atom stereocenters. The average Bonchev–Trinajstić information content (AvgIpc) is 2.60. The Hall–Kier alpha value is -1.54. The number of nitrogens with one attached hydrogen (secondary N) is 2. The van der Waals surface area contributed by atoms with Crippen molar-refractivity contribution in [1.29, 1.82) is 0 Å². The van der Waals surface area contributed by atoms with Gasteiger partial charge in [-0.3, -0.25) is 4.99 Å². The lowest BCUT2D eigenvalue weighted by Gasteiger charge is -2.13. The Bertz CT molecular complexity index is 675. The van der Waals surface area contributed by atoms with Gasteiger partial charge in [0.25, 0.3) is 0 Å². The third-order valence-corrected chi connectivity index (χ3v) is 3.70. The summed E-state index contributed by atoms with van der Waals surface area (Å²) in [5.41, 5.74) is 2.30. The number of benzene rings is 1. The van der Waals surface area contributed by atoms with Crippen molar-refractivity contribution < 1.29 is 4.74 Å². The van der Waals surface area contributed by atoms with E-state index >= 15 is 0 Å². The number of ether oxygens (including phenoxy) is 1. The van der Waals surface area contributed by atoms with Crippen LogP contribution in [0.3, 0.4) is 0 Å². The normalized spacial score (nSPS) is 11.0. The molecule has 0 amide bonds. The molecule has 0 saturated heterocycles. The number of pyridine rings is 1. The second-order valence-corrected chi connectivity index (χ2v) is 6.29. The zero-order chi connectivity index (χ0) is 18.1. The van der Waals surface area contributed by atoms with Crippen molar-refractivity contribution in [1.82, 2.24) is 15.6 Å². The maximum atomic E-state index is 5.79. The van der Waals surface area contributed by atoms with Crippen molar-refractivity contribution in [2.75, 3.05) is 13.6 Å². The summed E-state index contributed by atoms with van der Waals surface area (Å²) in [4.78, 5) is 8.32. The van der Waals surface area contributed by atoms with E-state index in [4.69, 9.17) is 16.3 Å². The molecule has 5 nitrogen and oxygen atoms in total. The number of hydrogen-bond acceptors (Lipinski definition) is 3. The molecule has 2 aromatic rings. The van der Waals surface area contributed by atoms with Gasteiger partial charge in [0.2, 0.25) is 0 Å². The SMILES string of the molecule is CN=C(NCCc1ccc(Cl)nc1)NCc1ccc(OC(C)C)cc1.I. The van der Waals surface area contributed by atoms with E-state index in [2.05, 4.69) is 32.7 Å². The monoisotopic (exact) mass is 488 g/mol. The van der Waals surface area contributed by atoms with E-state index in [0.29, 0.717) is 11.7 Å². The average molecular weight is 489 g/mol. The van der Waals surface area contributed by atoms with Crippen molar-refractivity contribution in [3.05, 3.63) is 58.9 Å². The summed E-state index contributed by atoms with van der Waals surface area (Å²) in [5.74, 6) is 1.65. The second-order valence-electron chi connectivity index (χ2n) is 5.90. The van der Waals surface area contributed by atoms with Crippen LogP contribution in [0.5, 0.6) is 5.75 Å². The molecule has 26 heavy (non-hydrogen) atoms. The zero-order valence-electron chi connectivity index (χ0n) is 15.3. The van der Waals surface area contributed by atoms with E-state index < -0.39 is 0 Å². The van der Waals surface area contributed by atoms with Crippen molar-refractivity contribution >= 4 is 41.5 Å². The van der Waals surface area contributed by atoms with Gasteiger partial charge in [0.05, 0.1) is 6.10 Å². The molecule has 1 heterocycles. The number of aliphatic imine (C=N–C) groups is 1. The van der Waals surface area contributed by atoms with Crippen molar-refractivity contribution in [2.24, 2.45) is 4.99 Å². The number of nitrogens with zero attached hydrogens (tertiary/aromatic N) is 2. The van der Waals surface area contributed by atoms with Crippen molar-refractivity contribution in [2.45, 2.75) is 32.9 Å². The van der Waals surface area contributed by atoms with E-state index in [1.165, 1.54) is 5.56 Å². The highest BCUT2D eigenvalue weighted by atomic mass is 127. The van der Waals surface area contributed by atoms with Crippen LogP contribution in [-0.4, -0.2) is 30.6 Å². The first kappa shape index (κ1) is 22.5. The Morgan fingerprint density at radius 3 is 2.38 bits per heavy atom. The van der Waals surface area contributed by atoms with Gasteiger partial charge in [0.15, 0.2) is 5.96 Å². The quantitative estimate of drug-likeness (QED) is 0.267. The largest absolute Gasteiger partial charge is 0.491 e. The van der Waals surface area contributed by atoms with Gasteiger partial charge in [-0.2, -0.15) is 0 Å². The number of hydrogen-bond donors (Lipinski definition) is 2. The van der Waals surface area contributed by atoms with Gasteiger partial charge in [-0.15, -0.1) is 24.0 Å². The molecule has 2 rings (SSSR count). The number of aromatic nitrogens is 1. The number of guanidine groups is 1. The smallest absolute Gasteiger partial charge is 0.191 e. The van der Waals surface area contributed by atoms with Gasteiger partial charge < -0.3 is 15.4 Å². The van der Waals surface area contributed by atoms with Gasteiger partial charge in [-0.1, -0.05) is 29.8 Å². The molecule has 0 aliphatic rings. The fourth-order valence-electron chi connectivity index (χ4n) is 2.24. The molecule has 0 aliphatic heterocycles. The Morgan fingerprint density at radius 2 is 1.81 bits per heavy atom. The molecule has 0 atom stereocenters. The predicted octanol–water partition coefficient (Wildman–Crippen LogP) is 4.05. The molecule has 2 N–H and O–H groups in total. The van der Waals surface area contributed by atoms with E-state index in [9.17, 15) is 0 Å². The zero-order valence-corrected chi connectivity index (χ0v) is 18.4. The highest BCUT2D eigenvalue weighted by molar-refractivity contribution is 14.0. The molecular weight excluding hydrogens is 463 g/mol. The molecular formula is C19H26ClIN4O. The molecule has 0 spiro atoms. The summed E-state index contributed by atoms with van der Waals surface area (Å²) in [6.07, 6.45) is 2.83. The summed E-state index contributed by atoms with van der Waals surface area (Å²) in [6, 6.07) is 11.9. The van der Waals surface area contributed by atoms with Crippen LogP contribution < -0.4 is 15.4 Å². The summed E-state index contributed by atoms with van der Waals surface area (Å²) < 4.78 is 5.65. The lowest BCUT2D eigenvalue weighted by molar-refractivity contribution is 0.242. The Kier molecular flexibility index (Phi) is 10.3. The molecule has 1 aromatic heterocycles. The molecule has 0 saturated carbocycles. The molecule has 7 heteroatoms. The standard InChI is InChI=1S/C19H25ClN4O.HI/c1-14(2)25-17-7-4-15(5-8-17)13-24-19(21-3)22-11-10-16-6-9-18(20)23-12-16;/h4-9,12,14H,10-11,13H2,1-3H3,(H2,21,22,24);1H. The fourth-order valence-corrected chi connectivity index (χ4v) is 2.36. The number of rotatable bonds is 7. The number of halogens is 2. The Labute approximate surface area is 177 Å². The van der Waals surface area contributed by atoms with Crippen LogP contribution in [0.4, 0.5) is 0 Å². The maximum Gasteiger partial charge on any atom is 0.191 e. The Morgan fingerprint density at radius 1 is 1.12 bits per heavy atom. The highest BCUT2D eigenvalue weighted by Crippen LogP contribution is 2.13. The van der Waals surface area contributed by atoms with E-state index in [1.54, 1.807) is 19.3 Å². The molecule has 0 radical (unpaired) electrons. The molecule has 0 aliphatic carbocycles. The summed E-state index contributed by atoms with van der Waals surface area (Å²) in [5, 5.41) is 7.11. The third kappa shape index (κ3) is 8.23. The summed E-state index contributed by atoms with van der Waals surface area (Å²) in [6.45, 7) is 5.50. The minimum absolute atomic E-state index is 0. The van der Waals surface area contributed by atoms with Gasteiger partial charge in [0.1, 0.15) is 10.9 Å². The van der Waals surface area contributed by atoms with Crippen LogP contribution in [-0.2, 0) is 13.0 Å². The van der Waals surface area contributed by atoms with Crippen molar-refractivity contribution in [3.63, 3.8) is 0 Å². The lowest BCUT2D eigenvalue weighted by atomic mass is 10.2. The summed E-state index contributed by atoms with van der Waals surface area (Å²) >= 11 is 5.79. The maximum absolute atomic E-state index is 5.79. The van der Waals surface area contributed by atoms with Crippen molar-refractivity contribution in [3.8, 4) is 5.75 Å². The Balaban J connectivity index is 0.00000338. The molecule has 0 fully saturated rings. The van der Waals surface area contributed by atoms with Crippen LogP contribution in [0, 0.1) is 0 Å².